The lowest BCUT2D eigenvalue weighted by Gasteiger charge is -2.41. The molecule has 3 rings (SSSR count). The summed E-state index contributed by atoms with van der Waals surface area (Å²) in [6.45, 7) is 14.2. The maximum atomic E-state index is 12.9. The Morgan fingerprint density at radius 3 is 2.07 bits per heavy atom. The lowest BCUT2D eigenvalue weighted by Crippen LogP contribution is -2.57. The van der Waals surface area contributed by atoms with Crippen LogP contribution in [0.5, 0.6) is 0 Å². The summed E-state index contributed by atoms with van der Waals surface area (Å²) in [5.41, 5.74) is 3.98. The molecule has 2 aliphatic heterocycles. The van der Waals surface area contributed by atoms with Crippen LogP contribution in [0.4, 0.5) is 5.69 Å². The fraction of sp³-hybridized carbons (Fsp3) is 0.619. The lowest BCUT2D eigenvalue weighted by atomic mass is 10.1. The minimum atomic E-state index is -0.102. The molecular weight excluding hydrogens is 340 g/mol. The van der Waals surface area contributed by atoms with Crippen LogP contribution in [0.1, 0.15) is 25.0 Å². The SMILES string of the molecule is CC(=O)N1CCN(C(=O)C(C)N2CCN(c3cccc(C)c3C)CC2)CC1. The predicted molar refractivity (Wildman–Crippen MR) is 108 cm³/mol. The van der Waals surface area contributed by atoms with E-state index in [2.05, 4.69) is 41.8 Å². The number of rotatable bonds is 3. The molecule has 2 aliphatic rings. The van der Waals surface area contributed by atoms with Crippen LogP contribution in [0.15, 0.2) is 18.2 Å². The highest BCUT2D eigenvalue weighted by molar-refractivity contribution is 5.82. The molecule has 1 atom stereocenters. The summed E-state index contributed by atoms with van der Waals surface area (Å²) < 4.78 is 0. The van der Waals surface area contributed by atoms with Gasteiger partial charge in [0, 0.05) is 65.0 Å². The minimum absolute atomic E-state index is 0.0951. The molecule has 0 spiro atoms. The molecule has 1 unspecified atom stereocenters. The molecule has 2 amide bonds. The molecule has 0 N–H and O–H groups in total. The fourth-order valence-electron chi connectivity index (χ4n) is 4.09. The van der Waals surface area contributed by atoms with E-state index in [1.165, 1.54) is 16.8 Å². The third kappa shape index (κ3) is 4.26. The number of amides is 2. The van der Waals surface area contributed by atoms with Gasteiger partial charge in [0.2, 0.25) is 11.8 Å². The fourth-order valence-corrected chi connectivity index (χ4v) is 4.09. The van der Waals surface area contributed by atoms with Gasteiger partial charge in [0.25, 0.3) is 0 Å². The average Bonchev–Trinajstić information content (AvgIpc) is 2.69. The van der Waals surface area contributed by atoms with Gasteiger partial charge in [-0.25, -0.2) is 0 Å². The van der Waals surface area contributed by atoms with Gasteiger partial charge < -0.3 is 14.7 Å². The van der Waals surface area contributed by atoms with Crippen LogP contribution >= 0.6 is 0 Å². The number of hydrogen-bond acceptors (Lipinski definition) is 4. The lowest BCUT2D eigenvalue weighted by molar-refractivity contribution is -0.142. The normalized spacial score (nSPS) is 19.9. The molecule has 1 aromatic rings. The van der Waals surface area contributed by atoms with E-state index in [1.54, 1.807) is 6.92 Å². The van der Waals surface area contributed by atoms with Gasteiger partial charge in [-0.05, 0) is 38.0 Å². The first-order valence-corrected chi connectivity index (χ1v) is 9.98. The van der Waals surface area contributed by atoms with Crippen LogP contribution < -0.4 is 4.90 Å². The van der Waals surface area contributed by atoms with Gasteiger partial charge in [0.15, 0.2) is 0 Å². The Kier molecular flexibility index (Phi) is 6.05. The molecule has 2 fully saturated rings. The van der Waals surface area contributed by atoms with E-state index in [1.807, 2.05) is 16.7 Å². The zero-order valence-corrected chi connectivity index (χ0v) is 17.1. The zero-order chi connectivity index (χ0) is 19.6. The summed E-state index contributed by atoms with van der Waals surface area (Å²) in [7, 11) is 0. The van der Waals surface area contributed by atoms with Crippen molar-refractivity contribution in [1.82, 2.24) is 14.7 Å². The second kappa shape index (κ2) is 8.30. The standard InChI is InChI=1S/C21H32N4O2/c1-16-6-5-7-20(17(16)2)24-12-8-22(9-13-24)18(3)21(27)25-14-10-23(11-15-25)19(4)26/h5-7,18H,8-15H2,1-4H3. The number of carbonyl (C=O) groups excluding carboxylic acids is 2. The molecule has 2 saturated heterocycles. The van der Waals surface area contributed by atoms with Gasteiger partial charge in [-0.3, -0.25) is 14.5 Å². The van der Waals surface area contributed by atoms with E-state index in [0.29, 0.717) is 26.2 Å². The van der Waals surface area contributed by atoms with Crippen molar-refractivity contribution in [2.24, 2.45) is 0 Å². The van der Waals surface area contributed by atoms with Gasteiger partial charge >= 0.3 is 0 Å². The Morgan fingerprint density at radius 2 is 1.48 bits per heavy atom. The summed E-state index contributed by atoms with van der Waals surface area (Å²) in [5.74, 6) is 0.288. The van der Waals surface area contributed by atoms with Crippen LogP contribution in [0.3, 0.4) is 0 Å². The van der Waals surface area contributed by atoms with Crippen LogP contribution in [0.2, 0.25) is 0 Å². The summed E-state index contributed by atoms with van der Waals surface area (Å²) in [6.07, 6.45) is 0. The highest BCUT2D eigenvalue weighted by Crippen LogP contribution is 2.24. The van der Waals surface area contributed by atoms with Crippen molar-refractivity contribution in [3.8, 4) is 0 Å². The Bertz CT molecular complexity index is 689. The van der Waals surface area contributed by atoms with Crippen molar-refractivity contribution < 1.29 is 9.59 Å². The summed E-state index contributed by atoms with van der Waals surface area (Å²) in [6, 6.07) is 6.37. The summed E-state index contributed by atoms with van der Waals surface area (Å²) in [5, 5.41) is 0. The molecule has 148 valence electrons. The van der Waals surface area contributed by atoms with Crippen LogP contribution in [0.25, 0.3) is 0 Å². The first-order chi connectivity index (χ1) is 12.9. The number of benzene rings is 1. The molecule has 0 saturated carbocycles. The van der Waals surface area contributed by atoms with E-state index in [4.69, 9.17) is 0 Å². The van der Waals surface area contributed by atoms with Crippen molar-refractivity contribution in [3.05, 3.63) is 29.3 Å². The minimum Gasteiger partial charge on any atom is -0.369 e. The molecule has 27 heavy (non-hydrogen) atoms. The second-order valence-corrected chi connectivity index (χ2v) is 7.75. The van der Waals surface area contributed by atoms with Crippen molar-refractivity contribution in [2.45, 2.75) is 33.7 Å². The molecule has 2 heterocycles. The van der Waals surface area contributed by atoms with Gasteiger partial charge in [0.1, 0.15) is 0 Å². The average molecular weight is 373 g/mol. The van der Waals surface area contributed by atoms with Gasteiger partial charge in [-0.1, -0.05) is 12.1 Å². The molecule has 1 aromatic carbocycles. The Balaban J connectivity index is 1.54. The van der Waals surface area contributed by atoms with E-state index in [-0.39, 0.29) is 17.9 Å². The molecule has 0 radical (unpaired) electrons. The van der Waals surface area contributed by atoms with Crippen molar-refractivity contribution in [1.29, 1.82) is 0 Å². The van der Waals surface area contributed by atoms with Gasteiger partial charge in [-0.2, -0.15) is 0 Å². The number of piperazine rings is 2. The van der Waals surface area contributed by atoms with E-state index >= 15 is 0 Å². The Labute approximate surface area is 162 Å². The second-order valence-electron chi connectivity index (χ2n) is 7.75. The number of nitrogens with zero attached hydrogens (tertiary/aromatic N) is 4. The van der Waals surface area contributed by atoms with E-state index < -0.39 is 0 Å². The Hall–Kier alpha value is -2.08. The van der Waals surface area contributed by atoms with Crippen molar-refractivity contribution in [2.75, 3.05) is 57.3 Å². The molecule has 0 aromatic heterocycles. The van der Waals surface area contributed by atoms with E-state index in [0.717, 1.165) is 26.2 Å². The van der Waals surface area contributed by atoms with Gasteiger partial charge in [0.05, 0.1) is 6.04 Å². The smallest absolute Gasteiger partial charge is 0.239 e. The number of hydrogen-bond donors (Lipinski definition) is 0. The maximum absolute atomic E-state index is 12.9. The van der Waals surface area contributed by atoms with Crippen LogP contribution in [0, 0.1) is 13.8 Å². The highest BCUT2D eigenvalue weighted by Gasteiger charge is 2.31. The van der Waals surface area contributed by atoms with Gasteiger partial charge in [-0.15, -0.1) is 0 Å². The number of anilines is 1. The zero-order valence-electron chi connectivity index (χ0n) is 17.1. The highest BCUT2D eigenvalue weighted by atomic mass is 16.2. The predicted octanol–water partition coefficient (Wildman–Crippen LogP) is 1.50. The largest absolute Gasteiger partial charge is 0.369 e. The number of carbonyl (C=O) groups is 2. The third-order valence-corrected chi connectivity index (χ3v) is 6.17. The third-order valence-electron chi connectivity index (χ3n) is 6.17. The van der Waals surface area contributed by atoms with Crippen LogP contribution in [-0.2, 0) is 9.59 Å². The van der Waals surface area contributed by atoms with Crippen molar-refractivity contribution in [3.63, 3.8) is 0 Å². The molecule has 0 bridgehead atoms. The molecular formula is C21H32N4O2. The van der Waals surface area contributed by atoms with Crippen LogP contribution in [-0.4, -0.2) is 84.9 Å². The first kappa shape index (κ1) is 19.7. The van der Waals surface area contributed by atoms with E-state index in [9.17, 15) is 9.59 Å². The monoisotopic (exact) mass is 372 g/mol. The van der Waals surface area contributed by atoms with Crippen molar-refractivity contribution >= 4 is 17.5 Å². The molecule has 0 aliphatic carbocycles. The summed E-state index contributed by atoms with van der Waals surface area (Å²) >= 11 is 0. The maximum Gasteiger partial charge on any atom is 0.239 e. The topological polar surface area (TPSA) is 47.1 Å². The Morgan fingerprint density at radius 1 is 0.889 bits per heavy atom. The summed E-state index contributed by atoms with van der Waals surface area (Å²) in [4.78, 5) is 32.8. The molecule has 6 nitrogen and oxygen atoms in total. The molecule has 6 heteroatoms. The first-order valence-electron chi connectivity index (χ1n) is 9.98. The quantitative estimate of drug-likeness (QED) is 0.807. The number of aryl methyl sites for hydroxylation is 1.